The van der Waals surface area contributed by atoms with E-state index in [0.29, 0.717) is 23.7 Å². The summed E-state index contributed by atoms with van der Waals surface area (Å²) in [6.45, 7) is 3.81. The lowest BCUT2D eigenvalue weighted by Gasteiger charge is -2.32. The number of nitrogens with one attached hydrogen (secondary N) is 3. The van der Waals surface area contributed by atoms with Gasteiger partial charge in [0.2, 0.25) is 11.8 Å². The molecule has 0 spiro atoms. The number of rotatable bonds is 2. The number of carbonyl (C=O) groups is 3. The Kier molecular flexibility index (Phi) is 4.36. The van der Waals surface area contributed by atoms with Crippen LogP contribution in [-0.2, 0) is 9.59 Å². The maximum Gasteiger partial charge on any atom is 0.319 e. The van der Waals surface area contributed by atoms with E-state index in [0.717, 1.165) is 5.56 Å². The Morgan fingerprint density at radius 1 is 1.38 bits per heavy atom. The number of anilines is 1. The topological polar surface area (TPSA) is 90.5 Å². The molecule has 2 saturated heterocycles. The molecule has 128 valence electrons. The number of hydrogen-bond acceptors (Lipinski definition) is 3. The summed E-state index contributed by atoms with van der Waals surface area (Å²) in [7, 11) is 0. The number of nitrogens with zero attached hydrogens (tertiary/aromatic N) is 1. The van der Waals surface area contributed by atoms with Crippen molar-refractivity contribution in [1.82, 2.24) is 15.5 Å². The van der Waals surface area contributed by atoms with Gasteiger partial charge in [-0.2, -0.15) is 0 Å². The minimum atomic E-state index is -0.518. The fraction of sp³-hybridized carbons (Fsp3) is 0.438. The van der Waals surface area contributed by atoms with Gasteiger partial charge in [-0.25, -0.2) is 4.79 Å². The molecule has 24 heavy (non-hydrogen) atoms. The van der Waals surface area contributed by atoms with E-state index >= 15 is 0 Å². The molecule has 0 aliphatic carbocycles. The van der Waals surface area contributed by atoms with Crippen molar-refractivity contribution in [3.8, 4) is 0 Å². The molecule has 2 heterocycles. The van der Waals surface area contributed by atoms with Gasteiger partial charge in [-0.3, -0.25) is 9.59 Å². The van der Waals surface area contributed by atoms with Crippen LogP contribution in [0.2, 0.25) is 5.02 Å². The van der Waals surface area contributed by atoms with Gasteiger partial charge in [0.15, 0.2) is 0 Å². The maximum absolute atomic E-state index is 12.2. The van der Waals surface area contributed by atoms with E-state index in [-0.39, 0.29) is 23.9 Å². The van der Waals surface area contributed by atoms with Gasteiger partial charge in [-0.15, -0.1) is 0 Å². The largest absolute Gasteiger partial charge is 0.343 e. The lowest BCUT2D eigenvalue weighted by atomic mass is 10.1. The first-order valence-electron chi connectivity index (χ1n) is 7.80. The van der Waals surface area contributed by atoms with Crippen molar-refractivity contribution in [2.75, 3.05) is 11.9 Å². The van der Waals surface area contributed by atoms with Gasteiger partial charge >= 0.3 is 6.03 Å². The summed E-state index contributed by atoms with van der Waals surface area (Å²) in [5, 5.41) is 8.80. The summed E-state index contributed by atoms with van der Waals surface area (Å²) in [6.07, 6.45) is 0.409. The lowest BCUT2D eigenvalue weighted by molar-refractivity contribution is -0.146. The molecular formula is C16H19ClN4O3. The number of piperazine rings is 1. The molecule has 2 aliphatic heterocycles. The Bertz CT molecular complexity index is 709. The summed E-state index contributed by atoms with van der Waals surface area (Å²) in [5.74, 6) is -0.285. The monoisotopic (exact) mass is 350 g/mol. The average Bonchev–Trinajstić information content (AvgIpc) is 2.94. The first-order valence-corrected chi connectivity index (χ1v) is 8.18. The van der Waals surface area contributed by atoms with Crippen LogP contribution in [0.3, 0.4) is 0 Å². The lowest BCUT2D eigenvalue weighted by Crippen LogP contribution is -2.60. The molecule has 2 fully saturated rings. The van der Waals surface area contributed by atoms with Crippen LogP contribution < -0.4 is 16.0 Å². The van der Waals surface area contributed by atoms with Gasteiger partial charge in [0.25, 0.3) is 0 Å². The average molecular weight is 351 g/mol. The number of hydrogen-bond donors (Lipinski definition) is 3. The standard InChI is InChI=1S/C16H19ClN4O3/c1-8-11(17)4-3-5-12(8)20-16(24)19-10-6-13-14(22)18-9(2)15(23)21(13)7-10/h3-5,9-10,13H,6-7H2,1-2H3,(H,18,22)(H2,19,20,24)/t9-,10-,13-/m0/s1. The molecule has 2 aliphatic rings. The number of carbonyl (C=O) groups excluding carboxylic acids is 3. The highest BCUT2D eigenvalue weighted by Crippen LogP contribution is 2.24. The zero-order valence-electron chi connectivity index (χ0n) is 13.4. The van der Waals surface area contributed by atoms with Crippen molar-refractivity contribution < 1.29 is 14.4 Å². The van der Waals surface area contributed by atoms with E-state index < -0.39 is 12.1 Å². The maximum atomic E-state index is 12.2. The molecule has 0 radical (unpaired) electrons. The zero-order valence-corrected chi connectivity index (χ0v) is 14.2. The van der Waals surface area contributed by atoms with Crippen molar-refractivity contribution in [2.45, 2.75) is 38.4 Å². The molecule has 1 aromatic carbocycles. The number of fused-ring (bicyclic) bond motifs is 1. The Morgan fingerprint density at radius 3 is 2.88 bits per heavy atom. The molecule has 4 amide bonds. The fourth-order valence-corrected chi connectivity index (χ4v) is 3.31. The minimum Gasteiger partial charge on any atom is -0.343 e. The van der Waals surface area contributed by atoms with Gasteiger partial charge in [-0.1, -0.05) is 17.7 Å². The Balaban J connectivity index is 1.63. The van der Waals surface area contributed by atoms with Gasteiger partial charge in [-0.05, 0) is 38.0 Å². The van der Waals surface area contributed by atoms with E-state index in [9.17, 15) is 14.4 Å². The second kappa shape index (κ2) is 6.32. The Labute approximate surface area is 144 Å². The van der Waals surface area contributed by atoms with E-state index in [4.69, 9.17) is 11.6 Å². The predicted molar refractivity (Wildman–Crippen MR) is 89.9 cm³/mol. The quantitative estimate of drug-likeness (QED) is 0.750. The van der Waals surface area contributed by atoms with Crippen LogP contribution in [0, 0.1) is 6.92 Å². The summed E-state index contributed by atoms with van der Waals surface area (Å²) >= 11 is 6.04. The molecule has 3 atom stereocenters. The molecule has 3 rings (SSSR count). The van der Waals surface area contributed by atoms with E-state index in [1.165, 1.54) is 0 Å². The number of benzene rings is 1. The van der Waals surface area contributed by atoms with Crippen molar-refractivity contribution in [3.63, 3.8) is 0 Å². The minimum absolute atomic E-state index is 0.116. The van der Waals surface area contributed by atoms with Gasteiger partial charge in [0, 0.05) is 17.3 Å². The summed E-state index contributed by atoms with van der Waals surface area (Å²) < 4.78 is 0. The first-order chi connectivity index (χ1) is 11.4. The van der Waals surface area contributed by atoms with Gasteiger partial charge in [0.1, 0.15) is 12.1 Å². The van der Waals surface area contributed by atoms with E-state index in [2.05, 4.69) is 16.0 Å². The SMILES string of the molecule is Cc1c(Cl)cccc1NC(=O)N[C@H]1C[C@H]2C(=O)N[C@@H](C)C(=O)N2C1. The predicted octanol–water partition coefficient (Wildman–Crippen LogP) is 1.26. The second-order valence-electron chi connectivity index (χ2n) is 6.18. The summed E-state index contributed by atoms with van der Waals surface area (Å²) in [5.41, 5.74) is 1.40. The molecule has 0 saturated carbocycles. The Hall–Kier alpha value is -2.28. The third kappa shape index (κ3) is 3.03. The molecule has 3 N–H and O–H groups in total. The van der Waals surface area contributed by atoms with Crippen LogP contribution in [-0.4, -0.2) is 47.4 Å². The second-order valence-corrected chi connectivity index (χ2v) is 6.59. The van der Waals surface area contributed by atoms with Crippen LogP contribution in [0.25, 0.3) is 0 Å². The molecule has 1 aromatic rings. The highest BCUT2D eigenvalue weighted by Gasteiger charge is 2.45. The van der Waals surface area contributed by atoms with Crippen LogP contribution in [0.5, 0.6) is 0 Å². The van der Waals surface area contributed by atoms with Crippen molar-refractivity contribution >= 4 is 35.1 Å². The molecule has 0 aromatic heterocycles. The molecule has 0 bridgehead atoms. The van der Waals surface area contributed by atoms with Crippen LogP contribution in [0.1, 0.15) is 18.9 Å². The normalized spacial score (nSPS) is 26.0. The number of urea groups is 1. The van der Waals surface area contributed by atoms with E-state index in [1.807, 2.05) is 6.92 Å². The highest BCUT2D eigenvalue weighted by atomic mass is 35.5. The number of amides is 4. The molecular weight excluding hydrogens is 332 g/mol. The van der Waals surface area contributed by atoms with Crippen molar-refractivity contribution in [2.24, 2.45) is 0 Å². The van der Waals surface area contributed by atoms with Crippen molar-refractivity contribution in [1.29, 1.82) is 0 Å². The first kappa shape index (κ1) is 16.6. The van der Waals surface area contributed by atoms with E-state index in [1.54, 1.807) is 30.0 Å². The highest BCUT2D eigenvalue weighted by molar-refractivity contribution is 6.31. The van der Waals surface area contributed by atoms with Gasteiger partial charge < -0.3 is 20.9 Å². The molecule has 7 nitrogen and oxygen atoms in total. The van der Waals surface area contributed by atoms with Crippen molar-refractivity contribution in [3.05, 3.63) is 28.8 Å². The van der Waals surface area contributed by atoms with Gasteiger partial charge in [0.05, 0.1) is 6.04 Å². The third-order valence-corrected chi connectivity index (χ3v) is 4.88. The molecule has 0 unspecified atom stereocenters. The van der Waals surface area contributed by atoms with Crippen LogP contribution >= 0.6 is 11.6 Å². The third-order valence-electron chi connectivity index (χ3n) is 4.47. The number of halogens is 1. The smallest absolute Gasteiger partial charge is 0.319 e. The summed E-state index contributed by atoms with van der Waals surface area (Å²) in [4.78, 5) is 37.8. The zero-order chi connectivity index (χ0) is 17.4. The fourth-order valence-electron chi connectivity index (χ4n) is 3.14. The molecule has 8 heteroatoms. The van der Waals surface area contributed by atoms with Crippen LogP contribution in [0.4, 0.5) is 10.5 Å². The van der Waals surface area contributed by atoms with Crippen LogP contribution in [0.15, 0.2) is 18.2 Å². The summed E-state index contributed by atoms with van der Waals surface area (Å²) in [6, 6.07) is 3.59. The Morgan fingerprint density at radius 2 is 2.12 bits per heavy atom.